The van der Waals surface area contributed by atoms with Crippen LogP contribution in [0.2, 0.25) is 10.0 Å². The molecule has 0 fully saturated rings. The van der Waals surface area contributed by atoms with Gasteiger partial charge in [-0.3, -0.25) is 0 Å². The highest BCUT2D eigenvalue weighted by atomic mass is 35.5. The number of thiazole rings is 1. The van der Waals surface area contributed by atoms with Crippen molar-refractivity contribution in [3.8, 4) is 0 Å². The predicted molar refractivity (Wildman–Crippen MR) is 91.8 cm³/mol. The summed E-state index contributed by atoms with van der Waals surface area (Å²) < 4.78 is 0. The maximum Gasteiger partial charge on any atom is 0.315 e. The van der Waals surface area contributed by atoms with Crippen LogP contribution in [0.3, 0.4) is 0 Å². The van der Waals surface area contributed by atoms with Crippen molar-refractivity contribution >= 4 is 40.6 Å². The monoisotopic (exact) mass is 357 g/mol. The maximum atomic E-state index is 12.1. The molecule has 0 aliphatic rings. The van der Waals surface area contributed by atoms with E-state index in [1.807, 2.05) is 32.2 Å². The van der Waals surface area contributed by atoms with Crippen LogP contribution in [-0.4, -0.2) is 11.0 Å². The van der Waals surface area contributed by atoms with Crippen LogP contribution >= 0.6 is 34.5 Å². The number of aryl methyl sites for hydroxylation is 1. The minimum absolute atomic E-state index is 0.147. The molecule has 22 heavy (non-hydrogen) atoms. The summed E-state index contributed by atoms with van der Waals surface area (Å²) in [6, 6.07) is 4.58. The zero-order chi connectivity index (χ0) is 16.3. The summed E-state index contributed by atoms with van der Waals surface area (Å²) in [6.45, 7) is 5.70. The van der Waals surface area contributed by atoms with E-state index in [9.17, 15) is 4.79 Å². The third-order valence-corrected chi connectivity index (χ3v) is 4.84. The van der Waals surface area contributed by atoms with Crippen LogP contribution in [0.4, 0.5) is 4.79 Å². The van der Waals surface area contributed by atoms with Crippen molar-refractivity contribution in [2.45, 2.75) is 32.9 Å². The molecule has 0 aliphatic heterocycles. The smallest absolute Gasteiger partial charge is 0.315 e. The van der Waals surface area contributed by atoms with Crippen LogP contribution in [-0.2, 0) is 0 Å². The first-order chi connectivity index (χ1) is 10.4. The molecule has 1 aromatic heterocycles. The molecule has 0 aliphatic carbocycles. The topological polar surface area (TPSA) is 54.0 Å². The fourth-order valence-corrected chi connectivity index (χ4v) is 3.37. The standard InChI is InChI=1S/C15H17Cl2N3OS/c1-8-7-22-14(18-8)10(3)20-15(21)19-9(2)12-5-4-11(16)6-13(12)17/h4-7,9-10H,1-3H3,(H2,19,20,21). The first kappa shape index (κ1) is 17.1. The molecule has 118 valence electrons. The van der Waals surface area contributed by atoms with Gasteiger partial charge < -0.3 is 10.6 Å². The van der Waals surface area contributed by atoms with Crippen molar-refractivity contribution < 1.29 is 4.79 Å². The summed E-state index contributed by atoms with van der Waals surface area (Å²) in [5, 5.41) is 9.67. The summed E-state index contributed by atoms with van der Waals surface area (Å²) in [4.78, 5) is 16.4. The Hall–Kier alpha value is -1.30. The summed E-state index contributed by atoms with van der Waals surface area (Å²) >= 11 is 13.6. The van der Waals surface area contributed by atoms with E-state index in [0.717, 1.165) is 16.3 Å². The van der Waals surface area contributed by atoms with E-state index >= 15 is 0 Å². The molecule has 0 bridgehead atoms. The lowest BCUT2D eigenvalue weighted by Gasteiger charge is -2.18. The molecule has 0 spiro atoms. The van der Waals surface area contributed by atoms with Gasteiger partial charge in [0.1, 0.15) is 5.01 Å². The second kappa shape index (κ2) is 7.31. The van der Waals surface area contributed by atoms with Gasteiger partial charge in [0.2, 0.25) is 0 Å². The fourth-order valence-electron chi connectivity index (χ4n) is 2.00. The molecule has 2 aromatic rings. The van der Waals surface area contributed by atoms with E-state index in [0.29, 0.717) is 10.0 Å². The Morgan fingerprint density at radius 1 is 1.23 bits per heavy atom. The highest BCUT2D eigenvalue weighted by Crippen LogP contribution is 2.26. The van der Waals surface area contributed by atoms with Gasteiger partial charge in [-0.05, 0) is 38.5 Å². The lowest BCUT2D eigenvalue weighted by atomic mass is 10.1. The number of urea groups is 1. The van der Waals surface area contributed by atoms with Gasteiger partial charge in [0.25, 0.3) is 0 Å². The third kappa shape index (κ3) is 4.35. The second-order valence-corrected chi connectivity index (χ2v) is 6.79. The predicted octanol–water partition coefficient (Wildman–Crippen LogP) is 4.88. The second-order valence-electron chi connectivity index (χ2n) is 5.05. The minimum atomic E-state index is -0.265. The molecule has 0 radical (unpaired) electrons. The van der Waals surface area contributed by atoms with E-state index < -0.39 is 0 Å². The zero-order valence-corrected chi connectivity index (χ0v) is 14.8. The van der Waals surface area contributed by atoms with Crippen LogP contribution in [0.25, 0.3) is 0 Å². The number of aromatic nitrogens is 1. The maximum absolute atomic E-state index is 12.1. The Morgan fingerprint density at radius 3 is 2.50 bits per heavy atom. The molecule has 1 heterocycles. The van der Waals surface area contributed by atoms with Crippen LogP contribution < -0.4 is 10.6 Å². The van der Waals surface area contributed by atoms with Crippen LogP contribution in [0.1, 0.15) is 42.2 Å². The molecule has 2 unspecified atom stereocenters. The molecular formula is C15H17Cl2N3OS. The van der Waals surface area contributed by atoms with Gasteiger partial charge in [-0.25, -0.2) is 9.78 Å². The number of hydrogen-bond donors (Lipinski definition) is 2. The number of nitrogens with one attached hydrogen (secondary N) is 2. The Bertz CT molecular complexity index is 675. The van der Waals surface area contributed by atoms with E-state index in [1.54, 1.807) is 12.1 Å². The van der Waals surface area contributed by atoms with Crippen molar-refractivity contribution in [1.29, 1.82) is 0 Å². The van der Waals surface area contributed by atoms with Gasteiger partial charge in [0.05, 0.1) is 12.1 Å². The molecule has 2 N–H and O–H groups in total. The van der Waals surface area contributed by atoms with Crippen molar-refractivity contribution in [1.82, 2.24) is 15.6 Å². The highest BCUT2D eigenvalue weighted by Gasteiger charge is 2.16. The molecule has 7 heteroatoms. The van der Waals surface area contributed by atoms with Crippen molar-refractivity contribution in [2.75, 3.05) is 0 Å². The Labute approximate surface area is 143 Å². The van der Waals surface area contributed by atoms with E-state index in [4.69, 9.17) is 23.2 Å². The molecule has 2 atom stereocenters. The SMILES string of the molecule is Cc1csc(C(C)NC(=O)NC(C)c2ccc(Cl)cc2Cl)n1. The Balaban J connectivity index is 1.96. The average molecular weight is 358 g/mol. The molecule has 0 saturated carbocycles. The summed E-state index contributed by atoms with van der Waals surface area (Å²) in [6.07, 6.45) is 0. The van der Waals surface area contributed by atoms with Crippen LogP contribution in [0.15, 0.2) is 23.6 Å². The third-order valence-electron chi connectivity index (χ3n) is 3.13. The molecule has 4 nitrogen and oxygen atoms in total. The number of halogens is 2. The van der Waals surface area contributed by atoms with Gasteiger partial charge >= 0.3 is 6.03 Å². The molecular weight excluding hydrogens is 341 g/mol. The first-order valence-corrected chi connectivity index (χ1v) is 8.44. The average Bonchev–Trinajstić information content (AvgIpc) is 2.85. The molecule has 1 aromatic carbocycles. The van der Waals surface area contributed by atoms with Gasteiger partial charge in [-0.2, -0.15) is 0 Å². The van der Waals surface area contributed by atoms with Gasteiger partial charge in [-0.15, -0.1) is 11.3 Å². The highest BCUT2D eigenvalue weighted by molar-refractivity contribution is 7.09. The summed E-state index contributed by atoms with van der Waals surface area (Å²) in [7, 11) is 0. The van der Waals surface area contributed by atoms with Crippen molar-refractivity contribution in [2.24, 2.45) is 0 Å². The normalized spacial score (nSPS) is 13.5. The Kier molecular flexibility index (Phi) is 5.67. The van der Waals surface area contributed by atoms with E-state index in [-0.39, 0.29) is 18.1 Å². The van der Waals surface area contributed by atoms with E-state index in [2.05, 4.69) is 15.6 Å². The van der Waals surface area contributed by atoms with Crippen molar-refractivity contribution in [3.05, 3.63) is 49.9 Å². The number of nitrogens with zero attached hydrogens (tertiary/aromatic N) is 1. The number of amides is 2. The van der Waals surface area contributed by atoms with Crippen molar-refractivity contribution in [3.63, 3.8) is 0 Å². The number of carbonyl (C=O) groups excluding carboxylic acids is 1. The number of rotatable bonds is 4. The first-order valence-electron chi connectivity index (χ1n) is 6.81. The summed E-state index contributed by atoms with van der Waals surface area (Å²) in [5.41, 5.74) is 1.77. The number of carbonyl (C=O) groups is 1. The van der Waals surface area contributed by atoms with Crippen LogP contribution in [0, 0.1) is 6.92 Å². The quantitative estimate of drug-likeness (QED) is 0.818. The lowest BCUT2D eigenvalue weighted by molar-refractivity contribution is 0.235. The zero-order valence-electron chi connectivity index (χ0n) is 12.5. The fraction of sp³-hybridized carbons (Fsp3) is 0.333. The lowest BCUT2D eigenvalue weighted by Crippen LogP contribution is -2.38. The number of hydrogen-bond acceptors (Lipinski definition) is 3. The van der Waals surface area contributed by atoms with Gasteiger partial charge in [-0.1, -0.05) is 29.3 Å². The molecule has 2 rings (SSSR count). The number of benzene rings is 1. The van der Waals surface area contributed by atoms with E-state index in [1.165, 1.54) is 11.3 Å². The molecule has 0 saturated heterocycles. The van der Waals surface area contributed by atoms with Gasteiger partial charge in [0.15, 0.2) is 0 Å². The largest absolute Gasteiger partial charge is 0.332 e. The Morgan fingerprint density at radius 2 is 1.91 bits per heavy atom. The van der Waals surface area contributed by atoms with Crippen LogP contribution in [0.5, 0.6) is 0 Å². The minimum Gasteiger partial charge on any atom is -0.332 e. The molecule has 2 amide bonds. The van der Waals surface area contributed by atoms with Gasteiger partial charge in [0, 0.05) is 21.1 Å². The summed E-state index contributed by atoms with van der Waals surface area (Å²) in [5.74, 6) is 0.